The highest BCUT2D eigenvalue weighted by Crippen LogP contribution is 2.30. The predicted molar refractivity (Wildman–Crippen MR) is 107 cm³/mol. The van der Waals surface area contributed by atoms with Gasteiger partial charge in [0.05, 0.1) is 11.4 Å². The van der Waals surface area contributed by atoms with Crippen LogP contribution in [0, 0.1) is 6.92 Å². The maximum absolute atomic E-state index is 13.2. The minimum atomic E-state index is -4.10. The number of halogens is 1. The van der Waals surface area contributed by atoms with E-state index in [-0.39, 0.29) is 16.6 Å². The molecule has 0 atom stereocenters. The highest BCUT2D eigenvalue weighted by atomic mass is 35.5. The SMILES string of the molecule is Cc1ccc(S(=O)(=O)N(Cc2ccc(Cl)cc2)c2nnc(S(N)(=O)=O)s2)cc1. The van der Waals surface area contributed by atoms with Crippen molar-refractivity contribution in [2.45, 2.75) is 22.7 Å². The van der Waals surface area contributed by atoms with Crippen molar-refractivity contribution in [1.82, 2.24) is 10.2 Å². The van der Waals surface area contributed by atoms with Gasteiger partial charge in [-0.25, -0.2) is 26.3 Å². The van der Waals surface area contributed by atoms with Gasteiger partial charge in [0.1, 0.15) is 0 Å². The molecule has 0 saturated carbocycles. The normalized spacial score (nSPS) is 12.1. The van der Waals surface area contributed by atoms with Gasteiger partial charge in [0.25, 0.3) is 20.0 Å². The molecule has 0 fully saturated rings. The number of rotatable bonds is 6. The van der Waals surface area contributed by atoms with Crippen molar-refractivity contribution in [2.24, 2.45) is 5.14 Å². The first-order chi connectivity index (χ1) is 13.1. The zero-order valence-corrected chi connectivity index (χ0v) is 17.7. The van der Waals surface area contributed by atoms with Crippen molar-refractivity contribution in [3.8, 4) is 0 Å². The van der Waals surface area contributed by atoms with Gasteiger partial charge in [-0.05, 0) is 36.8 Å². The first kappa shape index (κ1) is 20.7. The maximum atomic E-state index is 13.2. The Balaban J connectivity index is 2.09. The molecule has 0 saturated heterocycles. The van der Waals surface area contributed by atoms with Crippen LogP contribution in [0.25, 0.3) is 0 Å². The number of hydrogen-bond donors (Lipinski definition) is 1. The first-order valence-corrected chi connectivity index (χ1v) is 12.0. The van der Waals surface area contributed by atoms with E-state index >= 15 is 0 Å². The van der Waals surface area contributed by atoms with Crippen molar-refractivity contribution in [2.75, 3.05) is 4.31 Å². The molecule has 8 nitrogen and oxygen atoms in total. The molecule has 0 aliphatic carbocycles. The van der Waals surface area contributed by atoms with Crippen LogP contribution in [0.3, 0.4) is 0 Å². The van der Waals surface area contributed by atoms with Gasteiger partial charge in [0.2, 0.25) is 9.47 Å². The van der Waals surface area contributed by atoms with Crippen molar-refractivity contribution in [3.05, 3.63) is 64.7 Å². The summed E-state index contributed by atoms with van der Waals surface area (Å²) in [5, 5.41) is 12.7. The molecule has 3 aromatic rings. The molecule has 0 spiro atoms. The molecule has 2 aromatic carbocycles. The summed E-state index contributed by atoms with van der Waals surface area (Å²) in [6, 6.07) is 12.9. The van der Waals surface area contributed by atoms with Crippen molar-refractivity contribution in [3.63, 3.8) is 0 Å². The van der Waals surface area contributed by atoms with E-state index in [9.17, 15) is 16.8 Å². The number of hydrogen-bond acceptors (Lipinski definition) is 7. The summed E-state index contributed by atoms with van der Waals surface area (Å²) in [5.41, 5.74) is 1.53. The number of nitrogens with two attached hydrogens (primary N) is 1. The number of anilines is 1. The number of sulfonamides is 2. The van der Waals surface area contributed by atoms with Gasteiger partial charge in [-0.15, -0.1) is 10.2 Å². The van der Waals surface area contributed by atoms with Gasteiger partial charge in [-0.2, -0.15) is 0 Å². The van der Waals surface area contributed by atoms with Gasteiger partial charge in [0.15, 0.2) is 0 Å². The summed E-state index contributed by atoms with van der Waals surface area (Å²) in [5.74, 6) is 0. The van der Waals surface area contributed by atoms with Gasteiger partial charge in [-0.1, -0.05) is 52.8 Å². The topological polar surface area (TPSA) is 123 Å². The number of benzene rings is 2. The Morgan fingerprint density at radius 3 is 2.14 bits per heavy atom. The molecule has 0 aliphatic heterocycles. The molecular formula is C16H15ClN4O4S3. The minimum absolute atomic E-state index is 0.0411. The summed E-state index contributed by atoms with van der Waals surface area (Å²) >= 11 is 6.47. The molecule has 148 valence electrons. The molecule has 0 bridgehead atoms. The molecule has 0 amide bonds. The molecule has 2 N–H and O–H groups in total. The smallest absolute Gasteiger partial charge is 0.235 e. The second kappa shape index (κ2) is 7.76. The summed E-state index contributed by atoms with van der Waals surface area (Å²) < 4.78 is 50.0. The van der Waals surface area contributed by atoms with E-state index in [1.54, 1.807) is 36.4 Å². The number of nitrogens with zero attached hydrogens (tertiary/aromatic N) is 3. The van der Waals surface area contributed by atoms with Gasteiger partial charge < -0.3 is 0 Å². The zero-order valence-electron chi connectivity index (χ0n) is 14.5. The lowest BCUT2D eigenvalue weighted by atomic mass is 10.2. The number of aryl methyl sites for hydroxylation is 1. The van der Waals surface area contributed by atoms with E-state index in [1.807, 2.05) is 6.92 Å². The highest BCUT2D eigenvalue weighted by Gasteiger charge is 2.29. The van der Waals surface area contributed by atoms with E-state index in [0.29, 0.717) is 21.9 Å². The number of primary sulfonamides is 1. The molecule has 1 heterocycles. The lowest BCUT2D eigenvalue weighted by molar-refractivity contribution is 0.590. The Kier molecular flexibility index (Phi) is 5.73. The van der Waals surface area contributed by atoms with Crippen molar-refractivity contribution >= 4 is 48.1 Å². The minimum Gasteiger partial charge on any atom is -0.235 e. The Morgan fingerprint density at radius 1 is 1.00 bits per heavy atom. The van der Waals surface area contributed by atoms with E-state index in [1.165, 1.54) is 12.1 Å². The number of aromatic nitrogens is 2. The molecule has 0 radical (unpaired) electrons. The van der Waals surface area contributed by atoms with Crippen LogP contribution >= 0.6 is 22.9 Å². The summed E-state index contributed by atoms with van der Waals surface area (Å²) in [4.78, 5) is 0.0411. The quantitative estimate of drug-likeness (QED) is 0.605. The fraction of sp³-hybridized carbons (Fsp3) is 0.125. The third kappa shape index (κ3) is 4.50. The molecule has 3 rings (SSSR count). The largest absolute Gasteiger partial charge is 0.267 e. The summed E-state index contributed by atoms with van der Waals surface area (Å²) in [6.45, 7) is 1.75. The van der Waals surface area contributed by atoms with Gasteiger partial charge >= 0.3 is 0 Å². The van der Waals surface area contributed by atoms with Crippen molar-refractivity contribution in [1.29, 1.82) is 0 Å². The standard InChI is InChI=1S/C16H15ClN4O4S3/c1-11-2-8-14(9-3-11)28(24,25)21(10-12-4-6-13(17)7-5-12)15-19-20-16(26-15)27(18,22)23/h2-9H,10H2,1H3,(H2,18,22,23). The fourth-order valence-electron chi connectivity index (χ4n) is 2.27. The molecule has 28 heavy (non-hydrogen) atoms. The first-order valence-electron chi connectivity index (χ1n) is 7.77. The van der Waals surface area contributed by atoms with Crippen LogP contribution in [0.5, 0.6) is 0 Å². The van der Waals surface area contributed by atoms with Crippen LogP contribution in [-0.2, 0) is 26.6 Å². The van der Waals surface area contributed by atoms with E-state index < -0.39 is 24.4 Å². The fourth-order valence-corrected chi connectivity index (χ4v) is 5.42. The van der Waals surface area contributed by atoms with E-state index in [0.717, 1.165) is 9.87 Å². The van der Waals surface area contributed by atoms with Gasteiger partial charge in [0, 0.05) is 5.02 Å². The average molecular weight is 459 g/mol. The lowest BCUT2D eigenvalue weighted by Crippen LogP contribution is -2.30. The lowest BCUT2D eigenvalue weighted by Gasteiger charge is -2.21. The monoisotopic (exact) mass is 458 g/mol. The highest BCUT2D eigenvalue weighted by molar-refractivity contribution is 7.93. The van der Waals surface area contributed by atoms with Crippen LogP contribution < -0.4 is 9.44 Å². The van der Waals surface area contributed by atoms with Crippen LogP contribution in [0.4, 0.5) is 5.13 Å². The maximum Gasteiger partial charge on any atom is 0.267 e. The Hall–Kier alpha value is -2.05. The van der Waals surface area contributed by atoms with E-state index in [2.05, 4.69) is 10.2 Å². The molecule has 1 aromatic heterocycles. The third-order valence-corrected chi connectivity index (χ3v) is 8.07. The molecule has 12 heteroatoms. The van der Waals surface area contributed by atoms with Crippen LogP contribution in [-0.4, -0.2) is 27.0 Å². The average Bonchev–Trinajstić information content (AvgIpc) is 3.11. The third-order valence-electron chi connectivity index (χ3n) is 3.70. The summed E-state index contributed by atoms with van der Waals surface area (Å²) in [6.07, 6.45) is 0. The second-order valence-electron chi connectivity index (χ2n) is 5.85. The Labute approximate surface area is 171 Å². The van der Waals surface area contributed by atoms with E-state index in [4.69, 9.17) is 16.7 Å². The molecule has 0 unspecified atom stereocenters. The van der Waals surface area contributed by atoms with Crippen LogP contribution in [0.1, 0.15) is 11.1 Å². The Bertz CT molecular complexity index is 1190. The van der Waals surface area contributed by atoms with Gasteiger partial charge in [-0.3, -0.25) is 0 Å². The summed E-state index contributed by atoms with van der Waals surface area (Å²) in [7, 11) is -8.14. The molecule has 0 aliphatic rings. The zero-order chi connectivity index (χ0) is 20.5. The van der Waals surface area contributed by atoms with Crippen molar-refractivity contribution < 1.29 is 16.8 Å². The Morgan fingerprint density at radius 2 is 1.61 bits per heavy atom. The molecular weight excluding hydrogens is 444 g/mol. The van der Waals surface area contributed by atoms with Crippen LogP contribution in [0.2, 0.25) is 5.02 Å². The predicted octanol–water partition coefficient (Wildman–Crippen LogP) is 2.54. The van der Waals surface area contributed by atoms with Crippen LogP contribution in [0.15, 0.2) is 57.8 Å². The second-order valence-corrected chi connectivity index (χ2v) is 10.8.